The molecule has 0 aliphatic rings. The molecular formula is C14H16FN2O2+. The van der Waals surface area contributed by atoms with Crippen LogP contribution >= 0.6 is 0 Å². The van der Waals surface area contributed by atoms with Gasteiger partial charge >= 0.3 is 0 Å². The average Bonchev–Trinajstić information content (AvgIpc) is 2.93. The standard InChI is InChI=1S/C14H15FN2O2/c1-10(13-7-4-8-19-13)16-9-14(18)17-12-6-3-2-5-11(12)15/h2-8,10,16H,9H2,1H3,(H,17,18)/p+1/t10-/m1/s1. The first-order valence-electron chi connectivity index (χ1n) is 6.08. The second kappa shape index (κ2) is 6.15. The molecule has 19 heavy (non-hydrogen) atoms. The summed E-state index contributed by atoms with van der Waals surface area (Å²) < 4.78 is 18.6. The summed E-state index contributed by atoms with van der Waals surface area (Å²) in [5, 5.41) is 4.36. The van der Waals surface area contributed by atoms with Crippen molar-refractivity contribution in [1.29, 1.82) is 0 Å². The van der Waals surface area contributed by atoms with Crippen LogP contribution in [0.15, 0.2) is 47.1 Å². The molecule has 0 fully saturated rings. The molecule has 0 saturated carbocycles. The van der Waals surface area contributed by atoms with Crippen LogP contribution in [0.3, 0.4) is 0 Å². The predicted molar refractivity (Wildman–Crippen MR) is 68.9 cm³/mol. The SMILES string of the molecule is C[C@@H]([NH2+]CC(=O)Nc1ccccc1F)c1ccco1. The number of rotatable bonds is 5. The molecule has 4 nitrogen and oxygen atoms in total. The predicted octanol–water partition coefficient (Wildman–Crippen LogP) is 1.68. The monoisotopic (exact) mass is 263 g/mol. The van der Waals surface area contributed by atoms with E-state index < -0.39 is 5.82 Å². The Morgan fingerprint density at radius 3 is 2.84 bits per heavy atom. The first-order valence-corrected chi connectivity index (χ1v) is 6.08. The van der Waals surface area contributed by atoms with Crippen LogP contribution in [0.2, 0.25) is 0 Å². The fourth-order valence-corrected chi connectivity index (χ4v) is 1.71. The molecule has 100 valence electrons. The normalized spacial score (nSPS) is 12.1. The third-order valence-corrected chi connectivity index (χ3v) is 2.80. The summed E-state index contributed by atoms with van der Waals surface area (Å²) in [5.41, 5.74) is 0.201. The minimum atomic E-state index is -0.435. The molecule has 0 unspecified atom stereocenters. The van der Waals surface area contributed by atoms with Crippen molar-refractivity contribution >= 4 is 11.6 Å². The Morgan fingerprint density at radius 1 is 1.37 bits per heavy atom. The van der Waals surface area contributed by atoms with Gasteiger partial charge in [0.05, 0.1) is 12.0 Å². The van der Waals surface area contributed by atoms with E-state index in [1.807, 2.05) is 18.3 Å². The van der Waals surface area contributed by atoms with Gasteiger partial charge in [0.15, 0.2) is 12.3 Å². The molecule has 1 amide bonds. The van der Waals surface area contributed by atoms with E-state index in [9.17, 15) is 9.18 Å². The van der Waals surface area contributed by atoms with Crippen molar-refractivity contribution in [1.82, 2.24) is 0 Å². The average molecular weight is 263 g/mol. The van der Waals surface area contributed by atoms with E-state index in [1.54, 1.807) is 24.5 Å². The summed E-state index contributed by atoms with van der Waals surface area (Å²) in [6.07, 6.45) is 1.60. The third-order valence-electron chi connectivity index (χ3n) is 2.80. The van der Waals surface area contributed by atoms with Gasteiger partial charge in [-0.1, -0.05) is 12.1 Å². The molecule has 0 radical (unpaired) electrons. The Morgan fingerprint density at radius 2 is 2.16 bits per heavy atom. The molecule has 0 aliphatic heterocycles. The second-order valence-electron chi connectivity index (χ2n) is 4.27. The number of furan rings is 1. The molecule has 0 bridgehead atoms. The van der Waals surface area contributed by atoms with Crippen molar-refractivity contribution in [2.45, 2.75) is 13.0 Å². The summed E-state index contributed by atoms with van der Waals surface area (Å²) >= 11 is 0. The maximum Gasteiger partial charge on any atom is 0.279 e. The number of benzene rings is 1. The molecule has 1 atom stereocenters. The zero-order valence-electron chi connectivity index (χ0n) is 10.6. The van der Waals surface area contributed by atoms with Crippen LogP contribution in [0.1, 0.15) is 18.7 Å². The van der Waals surface area contributed by atoms with Crippen LogP contribution in [-0.2, 0) is 4.79 Å². The number of para-hydroxylation sites is 1. The number of nitrogens with two attached hydrogens (primary N) is 1. The van der Waals surface area contributed by atoms with Crippen molar-refractivity contribution in [3.05, 3.63) is 54.2 Å². The fraction of sp³-hybridized carbons (Fsp3) is 0.214. The zero-order chi connectivity index (χ0) is 13.7. The Balaban J connectivity index is 1.84. The van der Waals surface area contributed by atoms with Gasteiger partial charge in [-0.15, -0.1) is 0 Å². The summed E-state index contributed by atoms with van der Waals surface area (Å²) in [4.78, 5) is 11.7. The summed E-state index contributed by atoms with van der Waals surface area (Å²) in [6.45, 7) is 2.14. The van der Waals surface area contributed by atoms with E-state index in [2.05, 4.69) is 5.32 Å². The van der Waals surface area contributed by atoms with Crippen LogP contribution in [0.4, 0.5) is 10.1 Å². The van der Waals surface area contributed by atoms with Gasteiger partial charge in [-0.2, -0.15) is 0 Å². The number of quaternary nitrogens is 1. The third kappa shape index (κ3) is 3.66. The van der Waals surface area contributed by atoms with Crippen LogP contribution in [-0.4, -0.2) is 12.5 Å². The number of halogens is 1. The lowest BCUT2D eigenvalue weighted by molar-refractivity contribution is -0.684. The van der Waals surface area contributed by atoms with Crippen LogP contribution in [0.5, 0.6) is 0 Å². The quantitative estimate of drug-likeness (QED) is 0.862. The van der Waals surface area contributed by atoms with E-state index in [-0.39, 0.29) is 24.2 Å². The number of anilines is 1. The number of carbonyl (C=O) groups is 1. The minimum absolute atomic E-state index is 0.0429. The summed E-state index contributed by atoms with van der Waals surface area (Å²) in [6, 6.07) is 9.80. The zero-order valence-corrected chi connectivity index (χ0v) is 10.6. The molecule has 0 saturated heterocycles. The number of amides is 1. The molecule has 1 aromatic carbocycles. The molecule has 5 heteroatoms. The Kier molecular flexibility index (Phi) is 4.30. The topological polar surface area (TPSA) is 58.9 Å². The molecule has 2 rings (SSSR count). The number of nitrogens with one attached hydrogen (secondary N) is 1. The van der Waals surface area contributed by atoms with Crippen molar-refractivity contribution in [3.63, 3.8) is 0 Å². The van der Waals surface area contributed by atoms with E-state index in [0.717, 1.165) is 5.76 Å². The van der Waals surface area contributed by atoms with Gasteiger partial charge in [-0.3, -0.25) is 4.79 Å². The lowest BCUT2D eigenvalue weighted by atomic mass is 10.2. The molecular weight excluding hydrogens is 247 g/mol. The fourth-order valence-electron chi connectivity index (χ4n) is 1.71. The largest absolute Gasteiger partial charge is 0.463 e. The summed E-state index contributed by atoms with van der Waals surface area (Å²) in [7, 11) is 0. The minimum Gasteiger partial charge on any atom is -0.463 e. The maximum absolute atomic E-state index is 13.3. The highest BCUT2D eigenvalue weighted by Gasteiger charge is 2.14. The lowest BCUT2D eigenvalue weighted by Gasteiger charge is -2.09. The van der Waals surface area contributed by atoms with E-state index in [0.29, 0.717) is 0 Å². The Bertz CT molecular complexity index is 540. The van der Waals surface area contributed by atoms with Crippen molar-refractivity contribution in [2.24, 2.45) is 0 Å². The molecule has 3 N–H and O–H groups in total. The molecule has 1 aromatic heterocycles. The Labute approximate surface area is 110 Å². The number of hydrogen-bond donors (Lipinski definition) is 2. The number of carbonyl (C=O) groups excluding carboxylic acids is 1. The Hall–Kier alpha value is -2.14. The second-order valence-corrected chi connectivity index (χ2v) is 4.27. The first-order chi connectivity index (χ1) is 9.16. The van der Waals surface area contributed by atoms with Crippen LogP contribution in [0.25, 0.3) is 0 Å². The van der Waals surface area contributed by atoms with Crippen LogP contribution in [0, 0.1) is 5.82 Å². The van der Waals surface area contributed by atoms with Crippen molar-refractivity contribution in [2.75, 3.05) is 11.9 Å². The summed E-state index contributed by atoms with van der Waals surface area (Å²) in [5.74, 6) is 0.122. The van der Waals surface area contributed by atoms with Gasteiger partial charge in [-0.05, 0) is 31.2 Å². The van der Waals surface area contributed by atoms with Crippen molar-refractivity contribution in [3.8, 4) is 0 Å². The lowest BCUT2D eigenvalue weighted by Crippen LogP contribution is -2.86. The van der Waals surface area contributed by atoms with E-state index >= 15 is 0 Å². The highest BCUT2D eigenvalue weighted by Crippen LogP contribution is 2.11. The van der Waals surface area contributed by atoms with Gasteiger partial charge in [0.2, 0.25) is 0 Å². The smallest absolute Gasteiger partial charge is 0.279 e. The molecule has 0 aliphatic carbocycles. The van der Waals surface area contributed by atoms with Gasteiger partial charge < -0.3 is 15.1 Å². The molecule has 2 aromatic rings. The molecule has 1 heterocycles. The maximum atomic E-state index is 13.3. The van der Waals surface area contributed by atoms with Crippen molar-refractivity contribution < 1.29 is 18.9 Å². The van der Waals surface area contributed by atoms with Gasteiger partial charge in [0.25, 0.3) is 5.91 Å². The van der Waals surface area contributed by atoms with E-state index in [1.165, 1.54) is 12.1 Å². The van der Waals surface area contributed by atoms with E-state index in [4.69, 9.17) is 4.42 Å². The van der Waals surface area contributed by atoms with Crippen LogP contribution < -0.4 is 10.6 Å². The number of hydrogen-bond acceptors (Lipinski definition) is 2. The highest BCUT2D eigenvalue weighted by atomic mass is 19.1. The van der Waals surface area contributed by atoms with Gasteiger partial charge in [-0.25, -0.2) is 4.39 Å². The highest BCUT2D eigenvalue weighted by molar-refractivity contribution is 5.91. The molecule has 0 spiro atoms. The van der Waals surface area contributed by atoms with Gasteiger partial charge in [0, 0.05) is 0 Å². The van der Waals surface area contributed by atoms with Gasteiger partial charge in [0.1, 0.15) is 11.9 Å². The first kappa shape index (κ1) is 13.3.